The Morgan fingerprint density at radius 3 is 2.60 bits per heavy atom. The minimum Gasteiger partial charge on any atom is -0.309 e. The minimum atomic E-state index is 0.0952. The average Bonchev–Trinajstić information content (AvgIpc) is 2.47. The summed E-state index contributed by atoms with van der Waals surface area (Å²) < 4.78 is 0. The molecule has 0 fully saturated rings. The zero-order valence-corrected chi connectivity index (χ0v) is 12.3. The Balaban J connectivity index is 1.79. The summed E-state index contributed by atoms with van der Waals surface area (Å²) in [5.74, 6) is 0.0952. The molecule has 104 valence electrons. The van der Waals surface area contributed by atoms with Crippen molar-refractivity contribution >= 4 is 17.4 Å². The van der Waals surface area contributed by atoms with Crippen LogP contribution >= 0.6 is 11.6 Å². The largest absolute Gasteiger partial charge is 0.309 e. The highest BCUT2D eigenvalue weighted by molar-refractivity contribution is 6.31. The molecule has 0 spiro atoms. The zero-order chi connectivity index (χ0) is 14.4. The summed E-state index contributed by atoms with van der Waals surface area (Å²) >= 11 is 5.95. The first-order valence-electron chi connectivity index (χ1n) is 6.71. The molecule has 2 aromatic rings. The molecule has 2 rings (SSSR count). The van der Waals surface area contributed by atoms with Gasteiger partial charge >= 0.3 is 0 Å². The number of carbonyl (C=O) groups excluding carboxylic acids is 1. The van der Waals surface area contributed by atoms with Gasteiger partial charge in [-0.1, -0.05) is 41.9 Å². The standard InChI is InChI=1S/C17H18ClNO/c1-13-11-15(7-8-16(13)18)17(20)12-19-10-9-14-5-3-2-4-6-14/h2-8,11,19H,9-10,12H2,1H3. The number of Topliss-reactive ketones (excluding diaryl/α,β-unsaturated/α-hetero) is 1. The van der Waals surface area contributed by atoms with E-state index in [4.69, 9.17) is 11.6 Å². The number of hydrogen-bond donors (Lipinski definition) is 1. The monoisotopic (exact) mass is 287 g/mol. The summed E-state index contributed by atoms with van der Waals surface area (Å²) in [6, 6.07) is 15.6. The first-order valence-corrected chi connectivity index (χ1v) is 7.08. The van der Waals surface area contributed by atoms with Gasteiger partial charge in [0.1, 0.15) is 0 Å². The lowest BCUT2D eigenvalue weighted by atomic mass is 10.1. The normalized spacial score (nSPS) is 10.5. The Morgan fingerprint density at radius 1 is 1.15 bits per heavy atom. The van der Waals surface area contributed by atoms with Crippen molar-refractivity contribution in [3.63, 3.8) is 0 Å². The highest BCUT2D eigenvalue weighted by Crippen LogP contribution is 2.16. The minimum absolute atomic E-state index is 0.0952. The van der Waals surface area contributed by atoms with E-state index in [1.807, 2.05) is 31.2 Å². The van der Waals surface area contributed by atoms with Gasteiger partial charge in [-0.3, -0.25) is 4.79 Å². The number of aryl methyl sites for hydroxylation is 1. The SMILES string of the molecule is Cc1cc(C(=O)CNCCc2ccccc2)ccc1Cl. The second kappa shape index (κ2) is 7.22. The summed E-state index contributed by atoms with van der Waals surface area (Å²) in [7, 11) is 0. The van der Waals surface area contributed by atoms with Crippen LogP contribution < -0.4 is 5.32 Å². The number of benzene rings is 2. The molecule has 0 aromatic heterocycles. The Kier molecular flexibility index (Phi) is 5.33. The van der Waals surface area contributed by atoms with Crippen LogP contribution in [0.15, 0.2) is 48.5 Å². The third-order valence-electron chi connectivity index (χ3n) is 3.20. The van der Waals surface area contributed by atoms with Crippen LogP contribution in [-0.2, 0) is 6.42 Å². The number of halogens is 1. The maximum atomic E-state index is 12.0. The summed E-state index contributed by atoms with van der Waals surface area (Å²) in [5, 5.41) is 3.88. The predicted octanol–water partition coefficient (Wildman–Crippen LogP) is 3.66. The quantitative estimate of drug-likeness (QED) is 0.649. The van der Waals surface area contributed by atoms with Crippen LogP contribution in [0.2, 0.25) is 5.02 Å². The average molecular weight is 288 g/mol. The maximum Gasteiger partial charge on any atom is 0.176 e. The number of nitrogens with one attached hydrogen (secondary N) is 1. The Labute approximate surface area is 124 Å². The maximum absolute atomic E-state index is 12.0. The van der Waals surface area contributed by atoms with Crippen LogP contribution in [0.25, 0.3) is 0 Å². The molecule has 0 heterocycles. The van der Waals surface area contributed by atoms with E-state index in [9.17, 15) is 4.79 Å². The molecule has 3 heteroatoms. The van der Waals surface area contributed by atoms with Crippen molar-refractivity contribution in [3.8, 4) is 0 Å². The number of hydrogen-bond acceptors (Lipinski definition) is 2. The van der Waals surface area contributed by atoms with Gasteiger partial charge in [-0.15, -0.1) is 0 Å². The molecular formula is C17H18ClNO. The molecular weight excluding hydrogens is 270 g/mol. The van der Waals surface area contributed by atoms with Crippen molar-refractivity contribution in [1.82, 2.24) is 5.32 Å². The Bertz CT molecular complexity index is 581. The Hall–Kier alpha value is -1.64. The van der Waals surface area contributed by atoms with Gasteiger partial charge in [0.15, 0.2) is 5.78 Å². The molecule has 0 radical (unpaired) electrons. The lowest BCUT2D eigenvalue weighted by Crippen LogP contribution is -2.25. The highest BCUT2D eigenvalue weighted by atomic mass is 35.5. The van der Waals surface area contributed by atoms with Crippen molar-refractivity contribution in [2.75, 3.05) is 13.1 Å². The van der Waals surface area contributed by atoms with Crippen molar-refractivity contribution in [2.45, 2.75) is 13.3 Å². The number of rotatable bonds is 6. The van der Waals surface area contributed by atoms with Gasteiger partial charge in [-0.25, -0.2) is 0 Å². The van der Waals surface area contributed by atoms with Crippen LogP contribution in [0.5, 0.6) is 0 Å². The first kappa shape index (κ1) is 14.8. The third-order valence-corrected chi connectivity index (χ3v) is 3.62. The molecule has 0 aliphatic heterocycles. The Morgan fingerprint density at radius 2 is 1.90 bits per heavy atom. The van der Waals surface area contributed by atoms with Crippen molar-refractivity contribution in [3.05, 3.63) is 70.2 Å². The lowest BCUT2D eigenvalue weighted by Gasteiger charge is -2.06. The second-order valence-corrected chi connectivity index (χ2v) is 5.21. The van der Waals surface area contributed by atoms with Crippen molar-refractivity contribution in [1.29, 1.82) is 0 Å². The van der Waals surface area contributed by atoms with Crippen LogP contribution in [-0.4, -0.2) is 18.9 Å². The van der Waals surface area contributed by atoms with Crippen molar-refractivity contribution in [2.24, 2.45) is 0 Å². The molecule has 0 amide bonds. The van der Waals surface area contributed by atoms with E-state index < -0.39 is 0 Å². The molecule has 0 atom stereocenters. The number of ketones is 1. The summed E-state index contributed by atoms with van der Waals surface area (Å²) in [6.07, 6.45) is 0.924. The van der Waals surface area contributed by atoms with E-state index in [0.29, 0.717) is 17.1 Å². The summed E-state index contributed by atoms with van der Waals surface area (Å²) in [6.45, 7) is 3.05. The van der Waals surface area contributed by atoms with E-state index in [2.05, 4.69) is 17.4 Å². The third kappa shape index (κ3) is 4.19. The first-order chi connectivity index (χ1) is 9.66. The summed E-state index contributed by atoms with van der Waals surface area (Å²) in [4.78, 5) is 12.0. The molecule has 0 saturated carbocycles. The van der Waals surface area contributed by atoms with Gasteiger partial charge in [0.2, 0.25) is 0 Å². The van der Waals surface area contributed by atoms with Gasteiger partial charge in [-0.2, -0.15) is 0 Å². The smallest absolute Gasteiger partial charge is 0.176 e. The van der Waals surface area contributed by atoms with Crippen molar-refractivity contribution < 1.29 is 4.79 Å². The fourth-order valence-electron chi connectivity index (χ4n) is 2.00. The molecule has 0 aliphatic carbocycles. The predicted molar refractivity (Wildman–Crippen MR) is 83.5 cm³/mol. The lowest BCUT2D eigenvalue weighted by molar-refractivity contribution is 0.0991. The fraction of sp³-hybridized carbons (Fsp3) is 0.235. The van der Waals surface area contributed by atoms with E-state index in [0.717, 1.165) is 18.5 Å². The zero-order valence-electron chi connectivity index (χ0n) is 11.5. The van der Waals surface area contributed by atoms with Crippen LogP contribution in [0.3, 0.4) is 0 Å². The molecule has 1 N–H and O–H groups in total. The topological polar surface area (TPSA) is 29.1 Å². The molecule has 20 heavy (non-hydrogen) atoms. The highest BCUT2D eigenvalue weighted by Gasteiger charge is 2.06. The van der Waals surface area contributed by atoms with Crippen LogP contribution in [0.4, 0.5) is 0 Å². The van der Waals surface area contributed by atoms with Gasteiger partial charge in [0.05, 0.1) is 6.54 Å². The van der Waals surface area contributed by atoms with E-state index >= 15 is 0 Å². The number of carbonyl (C=O) groups is 1. The molecule has 0 saturated heterocycles. The summed E-state index contributed by atoms with van der Waals surface area (Å²) in [5.41, 5.74) is 2.91. The molecule has 2 nitrogen and oxygen atoms in total. The molecule has 2 aromatic carbocycles. The van der Waals surface area contributed by atoms with E-state index in [1.54, 1.807) is 12.1 Å². The molecule has 0 aliphatic rings. The van der Waals surface area contributed by atoms with Crippen LogP contribution in [0.1, 0.15) is 21.5 Å². The van der Waals surface area contributed by atoms with Crippen LogP contribution in [0, 0.1) is 6.92 Å². The van der Waals surface area contributed by atoms with Gasteiger partial charge in [0.25, 0.3) is 0 Å². The van der Waals surface area contributed by atoms with Gasteiger partial charge in [-0.05, 0) is 49.2 Å². The van der Waals surface area contributed by atoms with Gasteiger partial charge < -0.3 is 5.32 Å². The van der Waals surface area contributed by atoms with Gasteiger partial charge in [0, 0.05) is 10.6 Å². The molecule has 0 unspecified atom stereocenters. The molecule has 0 bridgehead atoms. The van der Waals surface area contributed by atoms with E-state index in [-0.39, 0.29) is 5.78 Å². The van der Waals surface area contributed by atoms with E-state index in [1.165, 1.54) is 5.56 Å². The second-order valence-electron chi connectivity index (χ2n) is 4.80. The fourth-order valence-corrected chi connectivity index (χ4v) is 2.12.